The van der Waals surface area contributed by atoms with Crippen molar-refractivity contribution in [3.05, 3.63) is 12.7 Å². The molecule has 2 aromatic rings. The Morgan fingerprint density at radius 3 is 1.92 bits per heavy atom. The Morgan fingerprint density at radius 1 is 0.781 bits per heavy atom. The highest BCUT2D eigenvalue weighted by Crippen LogP contribution is 2.61. The number of aliphatic hydroxyl groups is 2. The summed E-state index contributed by atoms with van der Waals surface area (Å²) >= 11 is 0. The molecule has 0 spiro atoms. The van der Waals surface area contributed by atoms with Crippen LogP contribution in [0.25, 0.3) is 11.2 Å². The summed E-state index contributed by atoms with van der Waals surface area (Å²) in [6.07, 6.45) is -8.75. The maximum absolute atomic E-state index is 13.3. The molecule has 17 atom stereocenters. The van der Waals surface area contributed by atoms with E-state index in [4.69, 9.17) is 50.8 Å². The minimum Gasteiger partial charge on any atom is -0.387 e. The van der Waals surface area contributed by atoms with Crippen molar-refractivity contribution in [2.75, 3.05) is 45.9 Å². The zero-order valence-corrected chi connectivity index (χ0v) is 39.3. The molecule has 4 saturated heterocycles. The van der Waals surface area contributed by atoms with Crippen LogP contribution in [-0.2, 0) is 73.4 Å². The van der Waals surface area contributed by atoms with Crippen molar-refractivity contribution in [2.45, 2.75) is 105 Å². The predicted molar refractivity (Wildman–Crippen MR) is 230 cm³/mol. The fourth-order valence-electron chi connectivity index (χ4n) is 7.64. The van der Waals surface area contributed by atoms with Gasteiger partial charge in [-0.15, -0.1) is 0 Å². The molecule has 0 aromatic carbocycles. The quantitative estimate of drug-likeness (QED) is 0.0419. The number of methoxy groups -OCH3 is 1. The van der Waals surface area contributed by atoms with E-state index < -0.39 is 118 Å². The summed E-state index contributed by atoms with van der Waals surface area (Å²) in [5, 5.41) is 24.2. The molecule has 0 amide bonds. The third-order valence-electron chi connectivity index (χ3n) is 11.0. The van der Waals surface area contributed by atoms with Gasteiger partial charge in [-0.2, -0.15) is 4.31 Å². The molecule has 0 bridgehead atoms. The molecule has 64 heavy (non-hydrogen) atoms. The van der Waals surface area contributed by atoms with E-state index in [0.717, 1.165) is 0 Å². The van der Waals surface area contributed by atoms with Gasteiger partial charge in [0.25, 0.3) is 0 Å². The van der Waals surface area contributed by atoms with Crippen LogP contribution in [0.15, 0.2) is 12.7 Å². The molecular weight excluding hydrogens is 936 g/mol. The summed E-state index contributed by atoms with van der Waals surface area (Å²) in [6, 6.07) is -1.07. The maximum Gasteiger partial charge on any atom is 0.481 e. The van der Waals surface area contributed by atoms with Crippen molar-refractivity contribution in [2.24, 2.45) is 0 Å². The summed E-state index contributed by atoms with van der Waals surface area (Å²) in [7, 11) is -11.7. The zero-order chi connectivity index (χ0) is 46.8. The molecule has 0 radical (unpaired) electrons. The number of nitrogens with zero attached hydrogens (tertiary/aromatic N) is 4. The second-order valence-electron chi connectivity index (χ2n) is 15.9. The highest BCUT2D eigenvalue weighted by atomic mass is 31.3. The van der Waals surface area contributed by atoms with Crippen LogP contribution in [0.4, 0.5) is 5.82 Å². The van der Waals surface area contributed by atoms with Gasteiger partial charge < -0.3 is 58.8 Å². The van der Waals surface area contributed by atoms with Crippen LogP contribution in [0.3, 0.4) is 0 Å². The highest BCUT2D eigenvalue weighted by molar-refractivity contribution is 7.61. The van der Waals surface area contributed by atoms with Gasteiger partial charge in [0, 0.05) is 32.6 Å². The summed E-state index contributed by atoms with van der Waals surface area (Å²) < 4.78 is 117. The normalized spacial score (nSPS) is 35.7. The number of anilines is 1. The van der Waals surface area contributed by atoms with Crippen LogP contribution < -0.4 is 5.32 Å². The van der Waals surface area contributed by atoms with Crippen LogP contribution in [0.5, 0.6) is 0 Å². The van der Waals surface area contributed by atoms with Crippen molar-refractivity contribution >= 4 is 85.1 Å². The topological polar surface area (TPSA) is 356 Å². The minimum absolute atomic E-state index is 0.0190. The lowest BCUT2D eigenvalue weighted by Crippen LogP contribution is -2.33. The standard InChI is InChI=1S/C28H52B5N5O22P4/c1-13-4-14(49-3)17(54-13)7-50-61(41,42)58-15-5-21(32-29)55-18(15)8-51-62(43,44)59-16-6-22(33(30)31)56-19(16)9-52-63(45,46)60-64(47,48)53-10-20-24(39)25(40)28(57-20)38-12-37-23-26(34-2)35-11-36-27(23)38/h11-22,24-25,28,32,39-40H,4-10,29-31H2,1-3H3,(H,41,42)(H,43,44)(H,45,46)(H,47,48)(H,34,35,36). The van der Waals surface area contributed by atoms with Gasteiger partial charge in [0.15, 0.2) is 17.7 Å². The summed E-state index contributed by atoms with van der Waals surface area (Å²) in [5.41, 5.74) is 0.557. The van der Waals surface area contributed by atoms with E-state index in [0.29, 0.717) is 24.9 Å². The average Bonchev–Trinajstić information content (AvgIpc) is 4.05. The third-order valence-corrected chi connectivity index (χ3v) is 15.6. The molecule has 2 aromatic heterocycles. The number of aromatic nitrogens is 4. The van der Waals surface area contributed by atoms with Gasteiger partial charge in [-0.05, 0) is 19.8 Å². The number of aliphatic hydroxyl groups excluding tert-OH is 2. The predicted octanol–water partition coefficient (Wildman–Crippen LogP) is -3.51. The Labute approximate surface area is 371 Å². The SMILES string of the molecule is BBC1CC(OP(=O)(O)OCC2OC(C)CC2OC)C(COP(=O)(O)OC2CC(B(B)B)OC2COP(=O)(O)OP(=O)(O)OCC2OC(n3cnc4c(NC)ncnc43)C(O)C2O)O1. The molecule has 0 aliphatic carbocycles. The molecule has 6 heterocycles. The van der Waals surface area contributed by atoms with E-state index in [-0.39, 0.29) is 43.8 Å². The number of ether oxygens (including phenoxy) is 5. The number of nitrogens with one attached hydrogen (secondary N) is 1. The van der Waals surface area contributed by atoms with E-state index in [1.54, 1.807) is 30.3 Å². The lowest BCUT2D eigenvalue weighted by atomic mass is 9.16. The van der Waals surface area contributed by atoms with E-state index >= 15 is 0 Å². The molecule has 4 fully saturated rings. The van der Waals surface area contributed by atoms with Crippen LogP contribution in [-0.4, -0.2) is 200 Å². The second kappa shape index (κ2) is 21.7. The molecule has 27 nitrogen and oxygen atoms in total. The van der Waals surface area contributed by atoms with Gasteiger partial charge >= 0.3 is 31.3 Å². The van der Waals surface area contributed by atoms with Crippen molar-refractivity contribution in [1.29, 1.82) is 0 Å². The molecule has 6 rings (SSSR count). The number of phosphoric ester groups is 4. The Bertz CT molecular complexity index is 2090. The lowest BCUT2D eigenvalue weighted by molar-refractivity contribution is -0.0506. The highest BCUT2D eigenvalue weighted by Gasteiger charge is 2.49. The zero-order valence-electron chi connectivity index (χ0n) is 35.7. The Balaban J connectivity index is 1.00. The smallest absolute Gasteiger partial charge is 0.387 e. The maximum atomic E-state index is 13.3. The molecular formula is C28H52B5N5O22P4. The Kier molecular flexibility index (Phi) is 17.7. The number of hydrogen-bond donors (Lipinski definition) is 7. The van der Waals surface area contributed by atoms with Crippen molar-refractivity contribution in [1.82, 2.24) is 19.5 Å². The molecule has 356 valence electrons. The summed E-state index contributed by atoms with van der Waals surface area (Å²) in [5.74, 6) is 0.375. The van der Waals surface area contributed by atoms with Gasteiger partial charge in [0.1, 0.15) is 62.1 Å². The monoisotopic (exact) mass is 989 g/mol. The van der Waals surface area contributed by atoms with E-state index in [1.807, 2.05) is 6.92 Å². The first kappa shape index (κ1) is 52.2. The van der Waals surface area contributed by atoms with Crippen molar-refractivity contribution in [3.63, 3.8) is 0 Å². The third kappa shape index (κ3) is 13.3. The van der Waals surface area contributed by atoms with Crippen LogP contribution in [0.2, 0.25) is 0 Å². The number of imidazole rings is 1. The first-order valence-corrected chi connectivity index (χ1v) is 26.3. The van der Waals surface area contributed by atoms with Crippen molar-refractivity contribution < 1.29 is 103 Å². The number of hydrogen-bond acceptors (Lipinski definition) is 22. The van der Waals surface area contributed by atoms with E-state index in [9.17, 15) is 48.0 Å². The number of rotatable bonds is 23. The van der Waals surface area contributed by atoms with Crippen LogP contribution >= 0.6 is 31.3 Å². The van der Waals surface area contributed by atoms with E-state index in [2.05, 4.69) is 24.6 Å². The van der Waals surface area contributed by atoms with Gasteiger partial charge in [-0.3, -0.25) is 31.7 Å². The van der Waals surface area contributed by atoms with Crippen LogP contribution in [0, 0.1) is 0 Å². The largest absolute Gasteiger partial charge is 0.481 e. The first-order valence-electron chi connectivity index (χ1n) is 20.4. The molecule has 17 unspecified atom stereocenters. The summed E-state index contributed by atoms with van der Waals surface area (Å²) in [6.45, 7) is -1.06. The summed E-state index contributed by atoms with van der Waals surface area (Å²) in [4.78, 5) is 54.5. The van der Waals surface area contributed by atoms with Crippen LogP contribution in [0.1, 0.15) is 32.4 Å². The number of fused-ring (bicyclic) bond motifs is 1. The Morgan fingerprint density at radius 2 is 1.34 bits per heavy atom. The second-order valence-corrected chi connectivity index (χ2v) is 21.8. The molecule has 36 heteroatoms. The molecule has 4 aliphatic heterocycles. The first-order chi connectivity index (χ1) is 30.0. The lowest BCUT2D eigenvalue weighted by Gasteiger charge is -2.25. The van der Waals surface area contributed by atoms with E-state index in [1.165, 1.54) is 24.3 Å². The number of phosphoric acid groups is 4. The molecule has 4 aliphatic rings. The minimum atomic E-state index is -5.46. The van der Waals surface area contributed by atoms with Gasteiger partial charge in [-0.25, -0.2) is 33.2 Å². The molecule has 7 N–H and O–H groups in total. The van der Waals surface area contributed by atoms with Crippen molar-refractivity contribution in [3.8, 4) is 0 Å². The molecule has 0 saturated carbocycles. The average molecular weight is 989 g/mol. The van der Waals surface area contributed by atoms with Gasteiger partial charge in [0.2, 0.25) is 0 Å². The van der Waals surface area contributed by atoms with Gasteiger partial charge in [0.05, 0.1) is 80.4 Å². The fraction of sp³-hybridized carbons (Fsp3) is 0.821. The fourth-order valence-corrected chi connectivity index (χ4v) is 11.7. The van der Waals surface area contributed by atoms with Gasteiger partial charge in [-0.1, -0.05) is 0 Å². The Hall–Kier alpha value is -1.13.